The van der Waals surface area contributed by atoms with E-state index in [9.17, 15) is 9.59 Å². The third kappa shape index (κ3) is 4.54. The zero-order valence-corrected chi connectivity index (χ0v) is 17.6. The average Bonchev–Trinajstić information content (AvgIpc) is 3.27. The molecule has 30 heavy (non-hydrogen) atoms. The van der Waals surface area contributed by atoms with Gasteiger partial charge in [0, 0.05) is 30.2 Å². The third-order valence-corrected chi connectivity index (χ3v) is 6.89. The summed E-state index contributed by atoms with van der Waals surface area (Å²) in [6.07, 6.45) is 3.67. The predicted molar refractivity (Wildman–Crippen MR) is 119 cm³/mol. The second kappa shape index (κ2) is 9.39. The van der Waals surface area contributed by atoms with Gasteiger partial charge in [-0.3, -0.25) is 4.79 Å². The lowest BCUT2D eigenvalue weighted by Crippen LogP contribution is -2.35. The molecule has 0 aromatic heterocycles. The fourth-order valence-electron chi connectivity index (χ4n) is 4.18. The number of carbonyl (C=O) groups excluding carboxylic acids is 1. The number of benzene rings is 2. The molecule has 2 atom stereocenters. The van der Waals surface area contributed by atoms with Crippen molar-refractivity contribution in [2.24, 2.45) is 0 Å². The molecule has 4 rings (SSSR count). The highest BCUT2D eigenvalue weighted by Crippen LogP contribution is 2.43. The van der Waals surface area contributed by atoms with Gasteiger partial charge in [-0.15, -0.1) is 11.8 Å². The second-order valence-electron chi connectivity index (χ2n) is 7.73. The lowest BCUT2D eigenvalue weighted by molar-refractivity contribution is -0.137. The third-order valence-electron chi connectivity index (χ3n) is 5.64. The SMILES string of the molecule is O=C(O)CCC/C=C1\SCC2[C@@H]1N(Cc1ccccc1)C(=O)N2Cc1ccccc1. The second-order valence-corrected chi connectivity index (χ2v) is 8.82. The Bertz CT molecular complexity index is 917. The van der Waals surface area contributed by atoms with Crippen LogP contribution in [0.2, 0.25) is 0 Å². The summed E-state index contributed by atoms with van der Waals surface area (Å²) < 4.78 is 0. The minimum Gasteiger partial charge on any atom is -0.481 e. The average molecular weight is 423 g/mol. The molecule has 1 N–H and O–H groups in total. The number of carboxylic acids is 1. The summed E-state index contributed by atoms with van der Waals surface area (Å²) in [5.41, 5.74) is 2.25. The summed E-state index contributed by atoms with van der Waals surface area (Å²) in [6.45, 7) is 1.19. The van der Waals surface area contributed by atoms with Crippen molar-refractivity contribution < 1.29 is 14.7 Å². The highest BCUT2D eigenvalue weighted by molar-refractivity contribution is 8.03. The number of hydrogen-bond acceptors (Lipinski definition) is 3. The maximum atomic E-state index is 13.4. The Labute approximate surface area is 181 Å². The summed E-state index contributed by atoms with van der Waals surface area (Å²) in [4.78, 5) is 29.4. The highest BCUT2D eigenvalue weighted by atomic mass is 32.2. The monoisotopic (exact) mass is 422 g/mol. The van der Waals surface area contributed by atoms with Gasteiger partial charge in [-0.25, -0.2) is 4.79 Å². The van der Waals surface area contributed by atoms with Gasteiger partial charge in [-0.05, 0) is 24.0 Å². The zero-order valence-electron chi connectivity index (χ0n) is 16.8. The van der Waals surface area contributed by atoms with Crippen molar-refractivity contribution in [3.8, 4) is 0 Å². The fourth-order valence-corrected chi connectivity index (χ4v) is 5.60. The standard InChI is InChI=1S/C24H26N2O3S/c27-22(28)14-8-7-13-21-23-20(17-30-21)25(15-18-9-3-1-4-10-18)24(29)26(23)16-19-11-5-2-6-12-19/h1-6,9-13,20,23H,7-8,14-17H2,(H,27,28)/b21-13-/t20?,23-/m0/s1. The number of fused-ring (bicyclic) bond motifs is 1. The topological polar surface area (TPSA) is 60.9 Å². The van der Waals surface area contributed by atoms with E-state index in [0.717, 1.165) is 23.3 Å². The summed E-state index contributed by atoms with van der Waals surface area (Å²) in [6, 6.07) is 20.5. The molecule has 0 spiro atoms. The van der Waals surface area contributed by atoms with Crippen LogP contribution in [0.15, 0.2) is 71.6 Å². The number of urea groups is 1. The van der Waals surface area contributed by atoms with Crippen LogP contribution in [-0.4, -0.2) is 44.7 Å². The van der Waals surface area contributed by atoms with Gasteiger partial charge < -0.3 is 14.9 Å². The normalized spacial score (nSPS) is 22.0. The van der Waals surface area contributed by atoms with Crippen molar-refractivity contribution in [3.05, 3.63) is 82.8 Å². The number of allylic oxidation sites excluding steroid dienone is 1. The first kappa shape index (κ1) is 20.5. The molecule has 2 heterocycles. The van der Waals surface area contributed by atoms with Crippen molar-refractivity contribution in [3.63, 3.8) is 0 Å². The number of amides is 2. The van der Waals surface area contributed by atoms with Gasteiger partial charge in [0.2, 0.25) is 0 Å². The van der Waals surface area contributed by atoms with Crippen LogP contribution < -0.4 is 0 Å². The van der Waals surface area contributed by atoms with Gasteiger partial charge in [-0.1, -0.05) is 66.7 Å². The predicted octanol–water partition coefficient (Wildman–Crippen LogP) is 4.75. The van der Waals surface area contributed by atoms with E-state index in [1.165, 1.54) is 4.91 Å². The Balaban J connectivity index is 1.56. The number of hydrogen-bond donors (Lipinski definition) is 1. The minimum atomic E-state index is -0.763. The van der Waals surface area contributed by atoms with Gasteiger partial charge in [0.05, 0.1) is 12.1 Å². The van der Waals surface area contributed by atoms with Crippen molar-refractivity contribution in [1.29, 1.82) is 0 Å². The maximum absolute atomic E-state index is 13.4. The molecule has 2 aromatic carbocycles. The zero-order chi connectivity index (χ0) is 20.9. The molecule has 5 nitrogen and oxygen atoms in total. The molecular weight excluding hydrogens is 396 g/mol. The van der Waals surface area contributed by atoms with Crippen LogP contribution in [0.5, 0.6) is 0 Å². The molecule has 0 radical (unpaired) electrons. The molecular formula is C24H26N2O3S. The van der Waals surface area contributed by atoms with E-state index < -0.39 is 5.97 Å². The van der Waals surface area contributed by atoms with Crippen molar-refractivity contribution in [2.45, 2.75) is 44.4 Å². The lowest BCUT2D eigenvalue weighted by atomic mass is 10.1. The van der Waals surface area contributed by atoms with Gasteiger partial charge in [-0.2, -0.15) is 0 Å². The number of rotatable bonds is 8. The summed E-state index contributed by atoms with van der Waals surface area (Å²) in [7, 11) is 0. The number of aliphatic carboxylic acids is 1. The van der Waals surface area contributed by atoms with E-state index >= 15 is 0 Å². The van der Waals surface area contributed by atoms with Crippen LogP contribution in [0, 0.1) is 0 Å². The van der Waals surface area contributed by atoms with Gasteiger partial charge in [0.25, 0.3) is 0 Å². The summed E-state index contributed by atoms with van der Waals surface area (Å²) in [5.74, 6) is 0.111. The maximum Gasteiger partial charge on any atom is 0.321 e. The number of thioether (sulfide) groups is 1. The Hall–Kier alpha value is -2.73. The molecule has 0 aliphatic carbocycles. The Morgan fingerprint density at radius 3 is 2.20 bits per heavy atom. The Kier molecular flexibility index (Phi) is 6.43. The largest absolute Gasteiger partial charge is 0.481 e. The van der Waals surface area contributed by atoms with Crippen LogP contribution in [0.4, 0.5) is 4.79 Å². The Morgan fingerprint density at radius 2 is 1.60 bits per heavy atom. The molecule has 2 aliphatic heterocycles. The molecule has 6 heteroatoms. The molecule has 2 aromatic rings. The van der Waals surface area contributed by atoms with Crippen LogP contribution in [0.1, 0.15) is 30.4 Å². The lowest BCUT2D eigenvalue weighted by Gasteiger charge is -2.23. The summed E-state index contributed by atoms with van der Waals surface area (Å²) >= 11 is 1.80. The van der Waals surface area contributed by atoms with E-state index in [4.69, 9.17) is 5.11 Å². The first-order chi connectivity index (χ1) is 14.6. The van der Waals surface area contributed by atoms with E-state index in [1.807, 2.05) is 46.2 Å². The van der Waals surface area contributed by atoms with E-state index in [2.05, 4.69) is 30.3 Å². The molecule has 156 valence electrons. The highest BCUT2D eigenvalue weighted by Gasteiger charge is 2.50. The van der Waals surface area contributed by atoms with Crippen LogP contribution in [0.25, 0.3) is 0 Å². The molecule has 0 bridgehead atoms. The number of carboxylic acid groups (broad SMARTS) is 1. The molecule has 1 unspecified atom stereocenters. The first-order valence-corrected chi connectivity index (χ1v) is 11.3. The molecule has 0 saturated carbocycles. The van der Waals surface area contributed by atoms with E-state index in [1.54, 1.807) is 11.8 Å². The number of carbonyl (C=O) groups is 2. The van der Waals surface area contributed by atoms with Crippen LogP contribution >= 0.6 is 11.8 Å². The van der Waals surface area contributed by atoms with Gasteiger partial charge in [0.1, 0.15) is 0 Å². The van der Waals surface area contributed by atoms with E-state index in [0.29, 0.717) is 19.5 Å². The minimum absolute atomic E-state index is 0.0382. The van der Waals surface area contributed by atoms with Crippen molar-refractivity contribution >= 4 is 23.8 Å². The molecule has 2 saturated heterocycles. The fraction of sp³-hybridized carbons (Fsp3) is 0.333. The summed E-state index contributed by atoms with van der Waals surface area (Å²) in [5, 5.41) is 8.89. The quantitative estimate of drug-likeness (QED) is 0.493. The number of unbranched alkanes of at least 4 members (excludes halogenated alkanes) is 1. The smallest absolute Gasteiger partial charge is 0.321 e. The van der Waals surface area contributed by atoms with Crippen LogP contribution in [0.3, 0.4) is 0 Å². The van der Waals surface area contributed by atoms with Gasteiger partial charge >= 0.3 is 12.0 Å². The molecule has 2 amide bonds. The Morgan fingerprint density at radius 1 is 1.00 bits per heavy atom. The van der Waals surface area contributed by atoms with Gasteiger partial charge in [0.15, 0.2) is 0 Å². The molecule has 2 fully saturated rings. The van der Waals surface area contributed by atoms with E-state index in [-0.39, 0.29) is 24.5 Å². The van der Waals surface area contributed by atoms with Crippen molar-refractivity contribution in [2.75, 3.05) is 5.75 Å². The van der Waals surface area contributed by atoms with Crippen molar-refractivity contribution in [1.82, 2.24) is 9.80 Å². The van der Waals surface area contributed by atoms with Crippen LogP contribution in [-0.2, 0) is 17.9 Å². The number of nitrogens with zero attached hydrogens (tertiary/aromatic N) is 2. The first-order valence-electron chi connectivity index (χ1n) is 10.3. The molecule has 2 aliphatic rings.